The third kappa shape index (κ3) is 3.20. The van der Waals surface area contributed by atoms with Gasteiger partial charge in [0.25, 0.3) is 5.56 Å². The highest BCUT2D eigenvalue weighted by atomic mass is 32.1. The summed E-state index contributed by atoms with van der Waals surface area (Å²) < 4.78 is 9.64. The maximum atomic E-state index is 12.8. The molecule has 0 radical (unpaired) electrons. The van der Waals surface area contributed by atoms with Crippen LogP contribution in [0.3, 0.4) is 0 Å². The molecule has 0 unspecified atom stereocenters. The van der Waals surface area contributed by atoms with Crippen LogP contribution in [0.25, 0.3) is 10.2 Å². The number of fused-ring (bicyclic) bond motifs is 3. The molecule has 0 fully saturated rings. The summed E-state index contributed by atoms with van der Waals surface area (Å²) in [4.78, 5) is 28.9. The number of likely N-dealkylation sites (N-methyl/N-ethyl adjacent to an activating group) is 1. The summed E-state index contributed by atoms with van der Waals surface area (Å²) in [5.74, 6) is 0. The van der Waals surface area contributed by atoms with Crippen molar-refractivity contribution in [3.05, 3.63) is 31.3 Å². The zero-order chi connectivity index (χ0) is 18.4. The lowest BCUT2D eigenvalue weighted by Gasteiger charge is -2.30. The van der Waals surface area contributed by atoms with Crippen LogP contribution < -0.4 is 11.2 Å². The maximum Gasteiger partial charge on any atom is 0.331 e. The second kappa shape index (κ2) is 6.70. The van der Waals surface area contributed by atoms with Crippen molar-refractivity contribution in [2.24, 2.45) is 7.05 Å². The van der Waals surface area contributed by atoms with Crippen molar-refractivity contribution in [1.29, 1.82) is 0 Å². The van der Waals surface area contributed by atoms with Gasteiger partial charge in [-0.2, -0.15) is 0 Å². The third-order valence-electron chi connectivity index (χ3n) is 5.08. The Labute approximate surface area is 151 Å². The summed E-state index contributed by atoms with van der Waals surface area (Å²) in [6.07, 6.45) is 0.773. The molecule has 0 amide bonds. The summed E-state index contributed by atoms with van der Waals surface area (Å²) in [6.45, 7) is 12.1. The molecule has 2 aromatic heterocycles. The highest BCUT2D eigenvalue weighted by Gasteiger charge is 2.31. The summed E-state index contributed by atoms with van der Waals surface area (Å²) in [5.41, 5.74) is 1.14. The minimum atomic E-state index is -0.241. The Morgan fingerprint density at radius 1 is 1.24 bits per heavy atom. The number of nitrogens with zero attached hydrogens (tertiary/aromatic N) is 3. The van der Waals surface area contributed by atoms with E-state index in [1.54, 1.807) is 11.6 Å². The molecule has 7 heteroatoms. The van der Waals surface area contributed by atoms with Gasteiger partial charge in [-0.15, -0.1) is 11.3 Å². The molecule has 0 N–H and O–H groups in total. The van der Waals surface area contributed by atoms with E-state index in [1.807, 2.05) is 0 Å². The standard InChI is InChI=1S/C18H27N3O3S/c1-6-20(7-2)8-9-21-14-12-11-24-18(3,4)10-13(12)25-15(14)16(22)19(5)17(21)23/h6-11H2,1-5H3. The van der Waals surface area contributed by atoms with Gasteiger partial charge in [0.1, 0.15) is 4.70 Å². The van der Waals surface area contributed by atoms with Crippen molar-refractivity contribution in [2.45, 2.75) is 52.9 Å². The maximum absolute atomic E-state index is 12.8. The second-order valence-electron chi connectivity index (χ2n) is 7.23. The van der Waals surface area contributed by atoms with E-state index in [0.717, 1.165) is 37.1 Å². The van der Waals surface area contributed by atoms with Crippen LogP contribution >= 0.6 is 11.3 Å². The van der Waals surface area contributed by atoms with E-state index in [1.165, 1.54) is 20.8 Å². The van der Waals surface area contributed by atoms with Gasteiger partial charge in [-0.1, -0.05) is 13.8 Å². The minimum Gasteiger partial charge on any atom is -0.370 e. The van der Waals surface area contributed by atoms with Crippen molar-refractivity contribution >= 4 is 21.6 Å². The molecule has 0 aliphatic carbocycles. The third-order valence-corrected chi connectivity index (χ3v) is 6.29. The molecule has 3 heterocycles. The fourth-order valence-corrected chi connectivity index (χ4v) is 4.93. The topological polar surface area (TPSA) is 56.5 Å². The average molecular weight is 365 g/mol. The smallest absolute Gasteiger partial charge is 0.331 e. The van der Waals surface area contributed by atoms with Crippen LogP contribution in [0, 0.1) is 0 Å². The van der Waals surface area contributed by atoms with Crippen LogP contribution in [0.1, 0.15) is 38.1 Å². The first-order chi connectivity index (χ1) is 11.8. The molecule has 2 aromatic rings. The first-order valence-electron chi connectivity index (χ1n) is 8.89. The monoisotopic (exact) mass is 365 g/mol. The molecule has 0 saturated carbocycles. The molecule has 6 nitrogen and oxygen atoms in total. The zero-order valence-electron chi connectivity index (χ0n) is 15.7. The fraction of sp³-hybridized carbons (Fsp3) is 0.667. The number of hydrogen-bond acceptors (Lipinski definition) is 5. The predicted octanol–water partition coefficient (Wildman–Crippen LogP) is 1.95. The molecule has 138 valence electrons. The highest BCUT2D eigenvalue weighted by Crippen LogP contribution is 2.37. The van der Waals surface area contributed by atoms with Gasteiger partial charge in [-0.25, -0.2) is 4.79 Å². The van der Waals surface area contributed by atoms with Crippen LogP contribution in [0.15, 0.2) is 9.59 Å². The quantitative estimate of drug-likeness (QED) is 0.813. The lowest BCUT2D eigenvalue weighted by Crippen LogP contribution is -2.40. The van der Waals surface area contributed by atoms with Crippen LogP contribution in [0.2, 0.25) is 0 Å². The highest BCUT2D eigenvalue weighted by molar-refractivity contribution is 7.19. The minimum absolute atomic E-state index is 0.198. The molecule has 0 bridgehead atoms. The Bertz CT molecular complexity index is 903. The van der Waals surface area contributed by atoms with Crippen LogP contribution in [-0.2, 0) is 31.4 Å². The first-order valence-corrected chi connectivity index (χ1v) is 9.71. The van der Waals surface area contributed by atoms with E-state index in [9.17, 15) is 9.59 Å². The van der Waals surface area contributed by atoms with Crippen molar-refractivity contribution in [2.75, 3.05) is 19.6 Å². The van der Waals surface area contributed by atoms with Gasteiger partial charge in [0, 0.05) is 37.0 Å². The van der Waals surface area contributed by atoms with Gasteiger partial charge in [-0.05, 0) is 26.9 Å². The molecular weight excluding hydrogens is 338 g/mol. The summed E-state index contributed by atoms with van der Waals surface area (Å²) in [5, 5.41) is 0. The summed E-state index contributed by atoms with van der Waals surface area (Å²) in [7, 11) is 1.57. The summed E-state index contributed by atoms with van der Waals surface area (Å²) in [6, 6.07) is 0. The molecule has 0 aromatic carbocycles. The van der Waals surface area contributed by atoms with Crippen LogP contribution in [-0.4, -0.2) is 39.3 Å². The van der Waals surface area contributed by atoms with Crippen molar-refractivity contribution in [3.63, 3.8) is 0 Å². The van der Waals surface area contributed by atoms with E-state index in [-0.39, 0.29) is 16.9 Å². The molecule has 0 saturated heterocycles. The average Bonchev–Trinajstić information content (AvgIpc) is 2.93. The van der Waals surface area contributed by atoms with E-state index in [0.29, 0.717) is 17.9 Å². The lowest BCUT2D eigenvalue weighted by atomic mass is 9.98. The van der Waals surface area contributed by atoms with Crippen molar-refractivity contribution < 1.29 is 4.74 Å². The number of hydrogen-bond donors (Lipinski definition) is 0. The van der Waals surface area contributed by atoms with E-state index < -0.39 is 0 Å². The number of aromatic nitrogens is 2. The predicted molar refractivity (Wildman–Crippen MR) is 102 cm³/mol. The second-order valence-corrected chi connectivity index (χ2v) is 8.34. The van der Waals surface area contributed by atoms with Gasteiger partial charge >= 0.3 is 5.69 Å². The Kier molecular flexibility index (Phi) is 4.92. The Morgan fingerprint density at radius 2 is 1.92 bits per heavy atom. The van der Waals surface area contributed by atoms with Crippen molar-refractivity contribution in [3.8, 4) is 0 Å². The first kappa shape index (κ1) is 18.4. The van der Waals surface area contributed by atoms with Gasteiger partial charge in [-0.3, -0.25) is 13.9 Å². The fourth-order valence-electron chi connectivity index (χ4n) is 3.43. The van der Waals surface area contributed by atoms with E-state index in [2.05, 4.69) is 32.6 Å². The Balaban J connectivity index is 2.17. The van der Waals surface area contributed by atoms with Gasteiger partial charge in [0.05, 0.1) is 17.7 Å². The van der Waals surface area contributed by atoms with Gasteiger partial charge in [0.15, 0.2) is 0 Å². The number of ether oxygens (including phenoxy) is 1. The Morgan fingerprint density at radius 3 is 2.56 bits per heavy atom. The van der Waals surface area contributed by atoms with E-state index in [4.69, 9.17) is 4.74 Å². The van der Waals surface area contributed by atoms with Crippen LogP contribution in [0.4, 0.5) is 0 Å². The molecule has 0 spiro atoms. The number of rotatable bonds is 5. The molecule has 3 rings (SSSR count). The molecular formula is C18H27N3O3S. The van der Waals surface area contributed by atoms with Crippen molar-refractivity contribution in [1.82, 2.24) is 14.0 Å². The van der Waals surface area contributed by atoms with Gasteiger partial charge in [0.2, 0.25) is 0 Å². The lowest BCUT2D eigenvalue weighted by molar-refractivity contribution is -0.0384. The molecule has 1 aliphatic rings. The van der Waals surface area contributed by atoms with Crippen LogP contribution in [0.5, 0.6) is 0 Å². The molecule has 25 heavy (non-hydrogen) atoms. The molecule has 0 atom stereocenters. The number of thiophene rings is 1. The largest absolute Gasteiger partial charge is 0.370 e. The zero-order valence-corrected chi connectivity index (χ0v) is 16.5. The summed E-state index contributed by atoms with van der Waals surface area (Å²) >= 11 is 1.52. The Hall–Kier alpha value is -1.44. The molecule has 1 aliphatic heterocycles. The SMILES string of the molecule is CCN(CC)CCn1c(=O)n(C)c(=O)c2sc3c(c21)COC(C)(C)C3. The normalized spacial score (nSPS) is 16.6. The van der Waals surface area contributed by atoms with E-state index >= 15 is 0 Å². The van der Waals surface area contributed by atoms with Gasteiger partial charge < -0.3 is 9.64 Å².